The molecule has 0 fully saturated rings. The maximum atomic E-state index is 6.52. The Morgan fingerprint density at radius 1 is 0.935 bits per heavy atom. The number of benzene rings is 2. The van der Waals surface area contributed by atoms with Gasteiger partial charge in [-0.1, -0.05) is 18.2 Å². The minimum absolute atomic E-state index is 0.00466. The van der Waals surface area contributed by atoms with Crippen molar-refractivity contribution in [1.82, 2.24) is 9.99 Å². The van der Waals surface area contributed by atoms with Crippen LogP contribution in [-0.2, 0) is 0 Å². The number of hydrogen-bond donors (Lipinski definition) is 0. The van der Waals surface area contributed by atoms with Crippen LogP contribution in [0.15, 0.2) is 66.0 Å². The lowest BCUT2D eigenvalue weighted by Gasteiger charge is -2.39. The Morgan fingerprint density at radius 3 is 2.55 bits per heavy atom. The van der Waals surface area contributed by atoms with Gasteiger partial charge in [0.05, 0.1) is 38.6 Å². The smallest absolute Gasteiger partial charge is 0.217 e. The molecular formula is C24H23N3O4. The standard InChI is InChI=1S/C24H23N3O4/c1-28-16-9-10-21(29-2)18(12-16)24-27-20(13-19(26-27)15-6-5-11-25-14-15)17-7-4-8-22(30-3)23(17)31-24/h4-12,14,20,24H,13H2,1-3H3/t20-,24+/m0/s1. The van der Waals surface area contributed by atoms with E-state index in [4.69, 9.17) is 24.0 Å². The third-order valence-electron chi connectivity index (χ3n) is 5.70. The molecule has 2 atom stereocenters. The van der Waals surface area contributed by atoms with Crippen LogP contribution < -0.4 is 18.9 Å². The summed E-state index contributed by atoms with van der Waals surface area (Å²) in [7, 11) is 4.94. The summed E-state index contributed by atoms with van der Waals surface area (Å²) in [6, 6.07) is 15.6. The zero-order valence-electron chi connectivity index (χ0n) is 17.6. The first-order valence-electron chi connectivity index (χ1n) is 10.0. The second-order valence-electron chi connectivity index (χ2n) is 7.35. The van der Waals surface area contributed by atoms with Crippen LogP contribution in [0.3, 0.4) is 0 Å². The molecule has 3 aromatic rings. The predicted octanol–water partition coefficient (Wildman–Crippen LogP) is 4.35. The van der Waals surface area contributed by atoms with E-state index in [1.54, 1.807) is 27.5 Å². The zero-order chi connectivity index (χ0) is 21.4. The number of hydrogen-bond acceptors (Lipinski definition) is 7. The summed E-state index contributed by atoms with van der Waals surface area (Å²) in [6.07, 6.45) is 3.83. The van der Waals surface area contributed by atoms with E-state index in [1.807, 2.05) is 53.7 Å². The fourth-order valence-corrected chi connectivity index (χ4v) is 4.19. The number of pyridine rings is 1. The molecule has 2 aliphatic rings. The lowest BCUT2D eigenvalue weighted by Crippen LogP contribution is -2.34. The van der Waals surface area contributed by atoms with Gasteiger partial charge in [-0.25, -0.2) is 5.01 Å². The molecule has 158 valence electrons. The first-order valence-corrected chi connectivity index (χ1v) is 10.0. The highest BCUT2D eigenvalue weighted by atomic mass is 16.5. The fraction of sp³-hybridized carbons (Fsp3) is 0.250. The van der Waals surface area contributed by atoms with Gasteiger partial charge in [0.1, 0.15) is 11.5 Å². The molecule has 5 rings (SSSR count). The summed E-state index contributed by atoms with van der Waals surface area (Å²) < 4.78 is 23.2. The van der Waals surface area contributed by atoms with Crippen LogP contribution >= 0.6 is 0 Å². The Hall–Kier alpha value is -3.74. The molecule has 0 aliphatic carbocycles. The van der Waals surface area contributed by atoms with Gasteiger partial charge in [-0.15, -0.1) is 0 Å². The number of fused-ring (bicyclic) bond motifs is 3. The Kier molecular flexibility index (Phi) is 4.86. The molecule has 0 unspecified atom stereocenters. The average Bonchev–Trinajstić information content (AvgIpc) is 3.29. The summed E-state index contributed by atoms with van der Waals surface area (Å²) in [5.41, 5.74) is 3.83. The molecular weight excluding hydrogens is 394 g/mol. The Morgan fingerprint density at radius 2 is 1.81 bits per heavy atom. The highest BCUT2D eigenvalue weighted by Gasteiger charge is 2.43. The summed E-state index contributed by atoms with van der Waals surface area (Å²) in [5.74, 6) is 2.84. The molecule has 0 amide bonds. The highest BCUT2D eigenvalue weighted by Crippen LogP contribution is 2.52. The first kappa shape index (κ1) is 19.2. The molecule has 1 aromatic heterocycles. The van der Waals surface area contributed by atoms with Crippen molar-refractivity contribution in [2.24, 2.45) is 5.10 Å². The monoisotopic (exact) mass is 417 g/mol. The van der Waals surface area contributed by atoms with E-state index in [9.17, 15) is 0 Å². The number of rotatable bonds is 5. The van der Waals surface area contributed by atoms with Gasteiger partial charge in [-0.2, -0.15) is 5.10 Å². The Labute approximate surface area is 180 Å². The Bertz CT molecular complexity index is 1130. The van der Waals surface area contributed by atoms with Gasteiger partial charge in [0.2, 0.25) is 6.23 Å². The molecule has 0 bridgehead atoms. The van der Waals surface area contributed by atoms with Crippen LogP contribution in [0, 0.1) is 0 Å². The van der Waals surface area contributed by atoms with E-state index in [2.05, 4.69) is 11.1 Å². The van der Waals surface area contributed by atoms with E-state index in [-0.39, 0.29) is 6.04 Å². The molecule has 0 radical (unpaired) electrons. The summed E-state index contributed by atoms with van der Waals surface area (Å²) >= 11 is 0. The molecule has 2 aromatic carbocycles. The van der Waals surface area contributed by atoms with Crippen LogP contribution in [0.25, 0.3) is 0 Å². The van der Waals surface area contributed by atoms with Gasteiger partial charge in [-0.3, -0.25) is 4.98 Å². The maximum Gasteiger partial charge on any atom is 0.217 e. The lowest BCUT2D eigenvalue weighted by atomic mass is 9.96. The minimum Gasteiger partial charge on any atom is -0.497 e. The lowest BCUT2D eigenvalue weighted by molar-refractivity contribution is -0.0223. The van der Waals surface area contributed by atoms with Crippen LogP contribution in [-0.4, -0.2) is 37.0 Å². The topological polar surface area (TPSA) is 65.4 Å². The number of aromatic nitrogens is 1. The van der Waals surface area contributed by atoms with Crippen molar-refractivity contribution in [3.8, 4) is 23.0 Å². The van der Waals surface area contributed by atoms with Gasteiger partial charge in [0, 0.05) is 29.9 Å². The molecule has 31 heavy (non-hydrogen) atoms. The molecule has 0 saturated carbocycles. The van der Waals surface area contributed by atoms with Crippen molar-refractivity contribution in [2.75, 3.05) is 21.3 Å². The predicted molar refractivity (Wildman–Crippen MR) is 116 cm³/mol. The SMILES string of the molecule is COc1ccc(OC)c([C@H]2Oc3c(OC)cccc3[C@@H]3CC(c4cccnc4)=NN23)c1. The maximum absolute atomic E-state index is 6.52. The van der Waals surface area contributed by atoms with Gasteiger partial charge in [0.15, 0.2) is 11.5 Å². The zero-order valence-corrected chi connectivity index (χ0v) is 17.6. The third-order valence-corrected chi connectivity index (χ3v) is 5.70. The first-order chi connectivity index (χ1) is 15.2. The van der Waals surface area contributed by atoms with Crippen LogP contribution in [0.1, 0.15) is 35.4 Å². The van der Waals surface area contributed by atoms with Crippen LogP contribution in [0.4, 0.5) is 0 Å². The van der Waals surface area contributed by atoms with Crippen molar-refractivity contribution < 1.29 is 18.9 Å². The van der Waals surface area contributed by atoms with Crippen molar-refractivity contribution in [3.05, 3.63) is 77.6 Å². The minimum atomic E-state index is -0.506. The largest absolute Gasteiger partial charge is 0.497 e. The van der Waals surface area contributed by atoms with E-state index >= 15 is 0 Å². The highest BCUT2D eigenvalue weighted by molar-refractivity contribution is 6.01. The molecule has 2 aliphatic heterocycles. The van der Waals surface area contributed by atoms with Crippen molar-refractivity contribution in [3.63, 3.8) is 0 Å². The second-order valence-corrected chi connectivity index (χ2v) is 7.35. The van der Waals surface area contributed by atoms with Crippen molar-refractivity contribution in [2.45, 2.75) is 18.7 Å². The summed E-state index contributed by atoms with van der Waals surface area (Å²) in [5, 5.41) is 6.97. The second kappa shape index (κ2) is 7.83. The van der Waals surface area contributed by atoms with E-state index in [0.717, 1.165) is 40.3 Å². The quantitative estimate of drug-likeness (QED) is 0.615. The molecule has 3 heterocycles. The fourth-order valence-electron chi connectivity index (χ4n) is 4.19. The van der Waals surface area contributed by atoms with Crippen molar-refractivity contribution >= 4 is 5.71 Å². The summed E-state index contributed by atoms with van der Waals surface area (Å²) in [4.78, 5) is 4.26. The van der Waals surface area contributed by atoms with E-state index in [0.29, 0.717) is 11.5 Å². The summed E-state index contributed by atoms with van der Waals surface area (Å²) in [6.45, 7) is 0. The third kappa shape index (κ3) is 3.22. The number of ether oxygens (including phenoxy) is 4. The Balaban J connectivity index is 1.66. The van der Waals surface area contributed by atoms with E-state index < -0.39 is 6.23 Å². The molecule has 7 heteroatoms. The molecule has 7 nitrogen and oxygen atoms in total. The van der Waals surface area contributed by atoms with Crippen molar-refractivity contribution in [1.29, 1.82) is 0 Å². The van der Waals surface area contributed by atoms with Gasteiger partial charge in [-0.05, 0) is 30.3 Å². The number of para-hydroxylation sites is 1. The number of methoxy groups -OCH3 is 3. The van der Waals surface area contributed by atoms with Crippen LogP contribution in [0.5, 0.6) is 23.0 Å². The molecule has 0 saturated heterocycles. The number of nitrogens with zero attached hydrogens (tertiary/aromatic N) is 3. The van der Waals surface area contributed by atoms with Gasteiger partial charge in [0.25, 0.3) is 0 Å². The van der Waals surface area contributed by atoms with Crippen LogP contribution in [0.2, 0.25) is 0 Å². The normalized spacial score (nSPS) is 19.1. The average molecular weight is 417 g/mol. The molecule has 0 spiro atoms. The van der Waals surface area contributed by atoms with Gasteiger partial charge < -0.3 is 18.9 Å². The number of hydrazone groups is 1. The van der Waals surface area contributed by atoms with Gasteiger partial charge >= 0.3 is 0 Å². The van der Waals surface area contributed by atoms with E-state index in [1.165, 1.54) is 0 Å². The molecule has 0 N–H and O–H groups in total.